The first-order chi connectivity index (χ1) is 10.1. The molecule has 116 valence electrons. The van der Waals surface area contributed by atoms with Crippen molar-refractivity contribution >= 4 is 38.5 Å². The minimum absolute atomic E-state index is 0.0323. The lowest BCUT2D eigenvalue weighted by Crippen LogP contribution is -2.43. The molecule has 0 amide bonds. The quantitative estimate of drug-likeness (QED) is 0.686. The molecule has 1 N–H and O–H groups in total. The zero-order valence-electron chi connectivity index (χ0n) is 12.2. The fraction of sp³-hybridized carbons (Fsp3) is 0.625. The van der Waals surface area contributed by atoms with Gasteiger partial charge in [-0.15, -0.1) is 0 Å². The lowest BCUT2D eigenvalue weighted by Gasteiger charge is -2.40. The molecule has 1 spiro atoms. The molecular weight excluding hydrogens is 445 g/mol. The standard InChI is InChI=1S/C16H21BrINO2/c1-19-15(13-8-12(17)2-3-14(13)18)11-4-6-21-16(9-11)5-7-20-10-16/h2-3,8,11,15,19H,4-7,9-10H2,1H3. The maximum atomic E-state index is 6.08. The Labute approximate surface area is 148 Å². The molecule has 0 aromatic heterocycles. The van der Waals surface area contributed by atoms with Crippen LogP contribution in [0.4, 0.5) is 0 Å². The van der Waals surface area contributed by atoms with Crippen LogP contribution < -0.4 is 5.32 Å². The average Bonchev–Trinajstić information content (AvgIpc) is 2.91. The van der Waals surface area contributed by atoms with Crippen LogP contribution in [0.5, 0.6) is 0 Å². The number of rotatable bonds is 3. The first-order valence-electron chi connectivity index (χ1n) is 7.47. The van der Waals surface area contributed by atoms with E-state index >= 15 is 0 Å². The number of hydrogen-bond donors (Lipinski definition) is 1. The van der Waals surface area contributed by atoms with E-state index in [1.165, 1.54) is 9.13 Å². The van der Waals surface area contributed by atoms with Gasteiger partial charge < -0.3 is 14.8 Å². The van der Waals surface area contributed by atoms with E-state index in [0.29, 0.717) is 12.0 Å². The molecule has 0 radical (unpaired) electrons. The largest absolute Gasteiger partial charge is 0.378 e. The van der Waals surface area contributed by atoms with E-state index in [4.69, 9.17) is 9.47 Å². The van der Waals surface area contributed by atoms with E-state index in [2.05, 4.69) is 69.1 Å². The maximum absolute atomic E-state index is 6.08. The number of nitrogens with one attached hydrogen (secondary N) is 1. The zero-order valence-corrected chi connectivity index (χ0v) is 15.9. The van der Waals surface area contributed by atoms with Gasteiger partial charge in [-0.1, -0.05) is 15.9 Å². The van der Waals surface area contributed by atoms with Gasteiger partial charge in [0.05, 0.1) is 12.2 Å². The van der Waals surface area contributed by atoms with Gasteiger partial charge in [0.15, 0.2) is 0 Å². The summed E-state index contributed by atoms with van der Waals surface area (Å²) in [4.78, 5) is 0. The highest BCUT2D eigenvalue weighted by atomic mass is 127. The Balaban J connectivity index is 1.84. The van der Waals surface area contributed by atoms with E-state index in [9.17, 15) is 0 Å². The summed E-state index contributed by atoms with van der Waals surface area (Å²) >= 11 is 6.04. The molecule has 2 aliphatic heterocycles. The van der Waals surface area contributed by atoms with Crippen LogP contribution in [-0.2, 0) is 9.47 Å². The maximum Gasteiger partial charge on any atom is 0.0940 e. The topological polar surface area (TPSA) is 30.5 Å². The zero-order chi connectivity index (χ0) is 14.9. The van der Waals surface area contributed by atoms with Crippen molar-refractivity contribution in [1.82, 2.24) is 5.32 Å². The predicted octanol–water partition coefficient (Wildman–Crippen LogP) is 3.90. The second kappa shape index (κ2) is 6.83. The fourth-order valence-corrected chi connectivity index (χ4v) is 4.66. The van der Waals surface area contributed by atoms with Crippen molar-refractivity contribution in [1.29, 1.82) is 0 Å². The van der Waals surface area contributed by atoms with Crippen molar-refractivity contribution in [3.8, 4) is 0 Å². The van der Waals surface area contributed by atoms with Gasteiger partial charge in [0.1, 0.15) is 0 Å². The smallest absolute Gasteiger partial charge is 0.0940 e. The molecule has 3 rings (SSSR count). The molecule has 0 bridgehead atoms. The summed E-state index contributed by atoms with van der Waals surface area (Å²) in [5, 5.41) is 3.54. The SMILES string of the molecule is CNC(c1cc(Br)ccc1I)C1CCOC2(CCOC2)C1. The van der Waals surface area contributed by atoms with Crippen molar-refractivity contribution < 1.29 is 9.47 Å². The third kappa shape index (κ3) is 3.47. The first kappa shape index (κ1) is 16.2. The molecule has 0 aliphatic carbocycles. The highest BCUT2D eigenvalue weighted by Crippen LogP contribution is 2.42. The van der Waals surface area contributed by atoms with Gasteiger partial charge >= 0.3 is 0 Å². The normalized spacial score (nSPS) is 30.7. The molecule has 3 nitrogen and oxygen atoms in total. The van der Waals surface area contributed by atoms with Gasteiger partial charge in [-0.05, 0) is 72.2 Å². The predicted molar refractivity (Wildman–Crippen MR) is 95.5 cm³/mol. The summed E-state index contributed by atoms with van der Waals surface area (Å²) in [6, 6.07) is 6.90. The molecule has 1 aromatic rings. The third-order valence-electron chi connectivity index (χ3n) is 4.67. The number of halogens is 2. The van der Waals surface area contributed by atoms with E-state index in [1.807, 2.05) is 0 Å². The minimum Gasteiger partial charge on any atom is -0.378 e. The van der Waals surface area contributed by atoms with Crippen LogP contribution in [-0.4, -0.2) is 32.5 Å². The van der Waals surface area contributed by atoms with Gasteiger partial charge in [0.25, 0.3) is 0 Å². The van der Waals surface area contributed by atoms with Gasteiger partial charge in [0, 0.05) is 33.7 Å². The second-order valence-electron chi connectivity index (χ2n) is 6.02. The Kier molecular flexibility index (Phi) is 5.26. The summed E-state index contributed by atoms with van der Waals surface area (Å²) in [7, 11) is 2.06. The monoisotopic (exact) mass is 465 g/mol. The molecule has 0 saturated carbocycles. The Bertz CT molecular complexity index is 505. The van der Waals surface area contributed by atoms with Crippen LogP contribution >= 0.6 is 38.5 Å². The Hall–Kier alpha value is 0.310. The van der Waals surface area contributed by atoms with Crippen LogP contribution in [0, 0.1) is 9.49 Å². The van der Waals surface area contributed by atoms with Crippen LogP contribution in [0.1, 0.15) is 30.9 Å². The molecule has 21 heavy (non-hydrogen) atoms. The fourth-order valence-electron chi connectivity index (χ4n) is 3.61. The van der Waals surface area contributed by atoms with Crippen molar-refractivity contribution in [2.24, 2.45) is 5.92 Å². The average molecular weight is 466 g/mol. The molecule has 1 aromatic carbocycles. The third-order valence-corrected chi connectivity index (χ3v) is 6.15. The highest BCUT2D eigenvalue weighted by Gasteiger charge is 2.43. The van der Waals surface area contributed by atoms with Crippen molar-refractivity contribution in [3.05, 3.63) is 31.8 Å². The Morgan fingerprint density at radius 2 is 2.29 bits per heavy atom. The van der Waals surface area contributed by atoms with Gasteiger partial charge in [0.2, 0.25) is 0 Å². The molecule has 5 heteroatoms. The molecule has 2 aliphatic rings. The van der Waals surface area contributed by atoms with E-state index in [-0.39, 0.29) is 5.60 Å². The summed E-state index contributed by atoms with van der Waals surface area (Å²) in [5.74, 6) is 0.591. The number of hydrogen-bond acceptors (Lipinski definition) is 3. The second-order valence-corrected chi connectivity index (χ2v) is 8.10. The minimum atomic E-state index is -0.0323. The summed E-state index contributed by atoms with van der Waals surface area (Å²) in [6.45, 7) is 2.44. The molecule has 2 heterocycles. The number of ether oxygens (including phenoxy) is 2. The lowest BCUT2D eigenvalue weighted by molar-refractivity contribution is -0.103. The molecule has 2 saturated heterocycles. The molecule has 2 fully saturated rings. The molecule has 3 unspecified atom stereocenters. The van der Waals surface area contributed by atoms with Gasteiger partial charge in [-0.2, -0.15) is 0 Å². The van der Waals surface area contributed by atoms with Crippen LogP contribution in [0.25, 0.3) is 0 Å². The van der Waals surface area contributed by atoms with Crippen LogP contribution in [0.15, 0.2) is 22.7 Å². The summed E-state index contributed by atoms with van der Waals surface area (Å²) in [6.07, 6.45) is 3.23. The number of benzene rings is 1. The molecule has 3 atom stereocenters. The summed E-state index contributed by atoms with van der Waals surface area (Å²) < 4.78 is 14.1. The van der Waals surface area contributed by atoms with Gasteiger partial charge in [-0.3, -0.25) is 0 Å². The first-order valence-corrected chi connectivity index (χ1v) is 9.35. The Morgan fingerprint density at radius 1 is 1.43 bits per heavy atom. The van der Waals surface area contributed by atoms with Crippen molar-refractivity contribution in [3.63, 3.8) is 0 Å². The highest BCUT2D eigenvalue weighted by molar-refractivity contribution is 14.1. The van der Waals surface area contributed by atoms with Crippen molar-refractivity contribution in [2.45, 2.75) is 30.9 Å². The van der Waals surface area contributed by atoms with Gasteiger partial charge in [-0.25, -0.2) is 0 Å². The molecular formula is C16H21BrINO2. The van der Waals surface area contributed by atoms with Crippen LogP contribution in [0.2, 0.25) is 0 Å². The van der Waals surface area contributed by atoms with E-state index in [1.54, 1.807) is 0 Å². The Morgan fingerprint density at radius 3 is 3.00 bits per heavy atom. The van der Waals surface area contributed by atoms with Crippen LogP contribution in [0.3, 0.4) is 0 Å². The summed E-state index contributed by atoms with van der Waals surface area (Å²) in [5.41, 5.74) is 1.35. The van der Waals surface area contributed by atoms with E-state index < -0.39 is 0 Å². The lowest BCUT2D eigenvalue weighted by atomic mass is 9.79. The van der Waals surface area contributed by atoms with Crippen molar-refractivity contribution in [2.75, 3.05) is 26.9 Å². The van der Waals surface area contributed by atoms with E-state index in [0.717, 1.165) is 43.6 Å².